The van der Waals surface area contributed by atoms with Gasteiger partial charge in [0.2, 0.25) is 0 Å². The summed E-state index contributed by atoms with van der Waals surface area (Å²) in [6.45, 7) is 7.09. The number of hydrogen-bond acceptors (Lipinski definition) is 2. The molecule has 2 nitrogen and oxygen atoms in total. The minimum absolute atomic E-state index is 0.153. The van der Waals surface area contributed by atoms with Gasteiger partial charge in [0, 0.05) is 11.6 Å². The maximum absolute atomic E-state index is 9.97. The maximum Gasteiger partial charge on any atom is 0.120 e. The fraction of sp³-hybridized carbons (Fsp3) is 0.333. The Bertz CT molecular complexity index is 577. The standard InChI is InChI=1S/C18H23NO/c1-13-5-4-6-16(11-13)9-10-19-15(3)17-8-7-14(2)12-18(17)20/h4-8,11-12,15,19-20H,9-10H2,1-3H3. The van der Waals surface area contributed by atoms with E-state index in [4.69, 9.17) is 0 Å². The van der Waals surface area contributed by atoms with Crippen molar-refractivity contribution in [1.82, 2.24) is 5.32 Å². The van der Waals surface area contributed by atoms with E-state index in [9.17, 15) is 5.11 Å². The van der Waals surface area contributed by atoms with Gasteiger partial charge in [0.1, 0.15) is 5.75 Å². The highest BCUT2D eigenvalue weighted by Crippen LogP contribution is 2.24. The summed E-state index contributed by atoms with van der Waals surface area (Å²) in [6, 6.07) is 14.6. The van der Waals surface area contributed by atoms with Crippen molar-refractivity contribution in [3.63, 3.8) is 0 Å². The zero-order chi connectivity index (χ0) is 14.5. The van der Waals surface area contributed by atoms with Crippen molar-refractivity contribution in [2.24, 2.45) is 0 Å². The molecule has 0 saturated carbocycles. The molecule has 0 bridgehead atoms. The number of nitrogens with one attached hydrogen (secondary N) is 1. The highest BCUT2D eigenvalue weighted by molar-refractivity contribution is 5.37. The highest BCUT2D eigenvalue weighted by Gasteiger charge is 2.09. The molecule has 0 aliphatic heterocycles. The monoisotopic (exact) mass is 269 g/mol. The molecule has 1 unspecified atom stereocenters. The molecule has 0 aliphatic carbocycles. The van der Waals surface area contributed by atoms with Gasteiger partial charge in [-0.3, -0.25) is 0 Å². The van der Waals surface area contributed by atoms with Crippen molar-refractivity contribution in [1.29, 1.82) is 0 Å². The topological polar surface area (TPSA) is 32.3 Å². The fourth-order valence-electron chi connectivity index (χ4n) is 2.43. The number of phenolic OH excluding ortho intramolecular Hbond substituents is 1. The van der Waals surface area contributed by atoms with Crippen molar-refractivity contribution in [3.8, 4) is 5.75 Å². The summed E-state index contributed by atoms with van der Waals surface area (Å²) in [5, 5.41) is 13.4. The van der Waals surface area contributed by atoms with E-state index in [1.54, 1.807) is 0 Å². The first-order valence-corrected chi connectivity index (χ1v) is 7.14. The van der Waals surface area contributed by atoms with Crippen molar-refractivity contribution < 1.29 is 5.11 Å². The third-order valence-corrected chi connectivity index (χ3v) is 3.60. The molecule has 0 spiro atoms. The van der Waals surface area contributed by atoms with E-state index >= 15 is 0 Å². The molecule has 0 heterocycles. The van der Waals surface area contributed by atoms with Crippen LogP contribution in [0.5, 0.6) is 5.75 Å². The average Bonchev–Trinajstić information content (AvgIpc) is 2.38. The van der Waals surface area contributed by atoms with Crippen LogP contribution < -0.4 is 5.32 Å². The van der Waals surface area contributed by atoms with E-state index in [1.165, 1.54) is 11.1 Å². The van der Waals surface area contributed by atoms with Crippen molar-refractivity contribution >= 4 is 0 Å². The van der Waals surface area contributed by atoms with E-state index in [1.807, 2.05) is 25.1 Å². The van der Waals surface area contributed by atoms with Gasteiger partial charge >= 0.3 is 0 Å². The van der Waals surface area contributed by atoms with Gasteiger partial charge in [-0.05, 0) is 50.9 Å². The van der Waals surface area contributed by atoms with Crippen LogP contribution in [0.4, 0.5) is 0 Å². The molecule has 0 aromatic heterocycles. The minimum atomic E-state index is 0.153. The second kappa shape index (κ2) is 6.58. The second-order valence-electron chi connectivity index (χ2n) is 5.48. The molecule has 2 N–H and O–H groups in total. The molecule has 2 rings (SSSR count). The Hall–Kier alpha value is -1.80. The Kier molecular flexibility index (Phi) is 4.80. The smallest absolute Gasteiger partial charge is 0.120 e. The lowest BCUT2D eigenvalue weighted by Gasteiger charge is -2.16. The largest absolute Gasteiger partial charge is 0.508 e. The van der Waals surface area contributed by atoms with Gasteiger partial charge in [-0.15, -0.1) is 0 Å². The predicted molar refractivity (Wildman–Crippen MR) is 84.1 cm³/mol. The van der Waals surface area contributed by atoms with Crippen LogP contribution in [0, 0.1) is 13.8 Å². The van der Waals surface area contributed by atoms with Crippen LogP contribution in [0.1, 0.15) is 35.2 Å². The number of hydrogen-bond donors (Lipinski definition) is 2. The molecule has 0 fully saturated rings. The molecule has 2 heteroatoms. The van der Waals surface area contributed by atoms with Crippen LogP contribution in [0.3, 0.4) is 0 Å². The first-order valence-electron chi connectivity index (χ1n) is 7.14. The Morgan fingerprint density at radius 2 is 1.80 bits per heavy atom. The third-order valence-electron chi connectivity index (χ3n) is 3.60. The summed E-state index contributed by atoms with van der Waals surface area (Å²) >= 11 is 0. The highest BCUT2D eigenvalue weighted by atomic mass is 16.3. The first-order chi connectivity index (χ1) is 9.56. The maximum atomic E-state index is 9.97. The van der Waals surface area contributed by atoms with Gasteiger partial charge in [-0.25, -0.2) is 0 Å². The molecule has 0 radical (unpaired) electrons. The summed E-state index contributed by atoms with van der Waals surface area (Å²) in [5.41, 5.74) is 4.68. The molecule has 1 atom stereocenters. The predicted octanol–water partition coefficient (Wildman–Crippen LogP) is 3.90. The molecule has 0 saturated heterocycles. The summed E-state index contributed by atoms with van der Waals surface area (Å²) in [4.78, 5) is 0. The third kappa shape index (κ3) is 3.84. The van der Waals surface area contributed by atoms with Crippen LogP contribution in [0.2, 0.25) is 0 Å². The van der Waals surface area contributed by atoms with Gasteiger partial charge in [-0.1, -0.05) is 42.0 Å². The van der Waals surface area contributed by atoms with Crippen LogP contribution in [-0.2, 0) is 6.42 Å². The Labute approximate surface area is 121 Å². The lowest BCUT2D eigenvalue weighted by atomic mass is 10.0. The van der Waals surface area contributed by atoms with E-state index in [2.05, 4.69) is 43.4 Å². The van der Waals surface area contributed by atoms with Crippen LogP contribution >= 0.6 is 0 Å². The SMILES string of the molecule is Cc1cccc(CCNC(C)c2ccc(C)cc2O)c1. The number of phenols is 1. The molecule has 2 aromatic carbocycles. The van der Waals surface area contributed by atoms with E-state index in [0.29, 0.717) is 5.75 Å². The molecule has 106 valence electrons. The number of aromatic hydroxyl groups is 1. The molecule has 0 amide bonds. The number of benzene rings is 2. The molecular weight excluding hydrogens is 246 g/mol. The molecule has 20 heavy (non-hydrogen) atoms. The van der Waals surface area contributed by atoms with E-state index in [-0.39, 0.29) is 6.04 Å². The zero-order valence-corrected chi connectivity index (χ0v) is 12.5. The van der Waals surface area contributed by atoms with Crippen LogP contribution in [0.15, 0.2) is 42.5 Å². The number of rotatable bonds is 5. The van der Waals surface area contributed by atoms with E-state index < -0.39 is 0 Å². The number of aryl methyl sites for hydroxylation is 2. The Morgan fingerprint density at radius 3 is 2.50 bits per heavy atom. The summed E-state index contributed by atoms with van der Waals surface area (Å²) in [5.74, 6) is 0.376. The van der Waals surface area contributed by atoms with Crippen LogP contribution in [0.25, 0.3) is 0 Å². The molecule has 0 aliphatic rings. The first kappa shape index (κ1) is 14.6. The van der Waals surface area contributed by atoms with Gasteiger partial charge in [0.15, 0.2) is 0 Å². The van der Waals surface area contributed by atoms with Gasteiger partial charge in [-0.2, -0.15) is 0 Å². The Morgan fingerprint density at radius 1 is 1.05 bits per heavy atom. The minimum Gasteiger partial charge on any atom is -0.508 e. The summed E-state index contributed by atoms with van der Waals surface area (Å²) in [7, 11) is 0. The average molecular weight is 269 g/mol. The summed E-state index contributed by atoms with van der Waals surface area (Å²) < 4.78 is 0. The fourth-order valence-corrected chi connectivity index (χ4v) is 2.43. The summed E-state index contributed by atoms with van der Waals surface area (Å²) in [6.07, 6.45) is 0.999. The van der Waals surface area contributed by atoms with Crippen LogP contribution in [-0.4, -0.2) is 11.7 Å². The van der Waals surface area contributed by atoms with Crippen molar-refractivity contribution in [2.75, 3.05) is 6.54 Å². The molecule has 2 aromatic rings. The van der Waals surface area contributed by atoms with Crippen molar-refractivity contribution in [2.45, 2.75) is 33.2 Å². The van der Waals surface area contributed by atoms with Gasteiger partial charge < -0.3 is 10.4 Å². The lowest BCUT2D eigenvalue weighted by molar-refractivity contribution is 0.452. The normalized spacial score (nSPS) is 12.3. The van der Waals surface area contributed by atoms with Gasteiger partial charge in [0.05, 0.1) is 0 Å². The molecular formula is C18H23NO. The zero-order valence-electron chi connectivity index (χ0n) is 12.5. The lowest BCUT2D eigenvalue weighted by Crippen LogP contribution is -2.21. The quantitative estimate of drug-likeness (QED) is 0.862. The van der Waals surface area contributed by atoms with Crippen molar-refractivity contribution in [3.05, 3.63) is 64.7 Å². The second-order valence-corrected chi connectivity index (χ2v) is 5.48. The van der Waals surface area contributed by atoms with E-state index in [0.717, 1.165) is 24.1 Å². The Balaban J connectivity index is 1.90. The van der Waals surface area contributed by atoms with Gasteiger partial charge in [0.25, 0.3) is 0 Å².